The minimum Gasteiger partial charge on any atom is -0.487 e. The van der Waals surface area contributed by atoms with Crippen LogP contribution in [-0.2, 0) is 16.1 Å². The fourth-order valence-corrected chi connectivity index (χ4v) is 2.20. The molecule has 1 aromatic heterocycles. The van der Waals surface area contributed by atoms with Crippen molar-refractivity contribution >= 4 is 23.2 Å². The lowest BCUT2D eigenvalue weighted by Gasteiger charge is -2.10. The van der Waals surface area contributed by atoms with Crippen molar-refractivity contribution in [2.45, 2.75) is 26.6 Å². The number of amides is 1. The maximum absolute atomic E-state index is 11.8. The van der Waals surface area contributed by atoms with Crippen LogP contribution in [0.1, 0.15) is 28.0 Å². The molecule has 1 atom stereocenters. The van der Waals surface area contributed by atoms with Crippen molar-refractivity contribution < 1.29 is 19.1 Å². The second-order valence-corrected chi connectivity index (χ2v) is 5.68. The van der Waals surface area contributed by atoms with Crippen LogP contribution in [0.2, 0.25) is 0 Å². The number of esters is 1. The molecule has 6 nitrogen and oxygen atoms in total. The molecule has 1 aromatic carbocycles. The van der Waals surface area contributed by atoms with Gasteiger partial charge in [0.2, 0.25) is 0 Å². The van der Waals surface area contributed by atoms with E-state index in [0.717, 1.165) is 10.7 Å². The first-order valence-corrected chi connectivity index (χ1v) is 7.48. The number of carbonyl (C=O) groups excluding carboxylic acids is 2. The average Bonchev–Trinajstić information content (AvgIpc) is 2.91. The molecule has 7 heteroatoms. The summed E-state index contributed by atoms with van der Waals surface area (Å²) in [6.45, 7) is 3.72. The molecule has 2 aromatic rings. The Morgan fingerprint density at radius 1 is 1.32 bits per heavy atom. The number of nitrogens with zero attached hydrogens (tertiary/aromatic N) is 1. The van der Waals surface area contributed by atoms with Crippen molar-refractivity contribution in [1.82, 2.24) is 4.98 Å². The van der Waals surface area contributed by atoms with Gasteiger partial charge in [-0.15, -0.1) is 11.3 Å². The third-order valence-electron chi connectivity index (χ3n) is 2.83. The summed E-state index contributed by atoms with van der Waals surface area (Å²) >= 11 is 1.56. The first kappa shape index (κ1) is 16.0. The predicted molar refractivity (Wildman–Crippen MR) is 81.7 cm³/mol. The maximum Gasteiger partial charge on any atom is 0.338 e. The normalized spacial score (nSPS) is 11.7. The molecule has 116 valence electrons. The Kier molecular flexibility index (Phi) is 5.11. The molecule has 0 saturated carbocycles. The van der Waals surface area contributed by atoms with Crippen LogP contribution in [0.3, 0.4) is 0 Å². The van der Waals surface area contributed by atoms with Gasteiger partial charge < -0.3 is 15.2 Å². The van der Waals surface area contributed by atoms with E-state index in [1.165, 1.54) is 6.92 Å². The second kappa shape index (κ2) is 7.04. The van der Waals surface area contributed by atoms with Crippen molar-refractivity contribution in [3.63, 3.8) is 0 Å². The van der Waals surface area contributed by atoms with Gasteiger partial charge in [-0.3, -0.25) is 4.79 Å². The monoisotopic (exact) mass is 320 g/mol. The van der Waals surface area contributed by atoms with Crippen molar-refractivity contribution in [3.8, 4) is 5.75 Å². The lowest BCUT2D eigenvalue weighted by molar-refractivity contribution is -0.125. The van der Waals surface area contributed by atoms with Crippen LogP contribution in [0.25, 0.3) is 0 Å². The fourth-order valence-electron chi connectivity index (χ4n) is 1.61. The van der Waals surface area contributed by atoms with Gasteiger partial charge in [0, 0.05) is 5.38 Å². The summed E-state index contributed by atoms with van der Waals surface area (Å²) in [5.74, 6) is -0.676. The lowest BCUT2D eigenvalue weighted by Crippen LogP contribution is -2.30. The molecule has 0 unspecified atom stereocenters. The van der Waals surface area contributed by atoms with E-state index in [2.05, 4.69) is 4.98 Å². The highest BCUT2D eigenvalue weighted by atomic mass is 32.1. The SMILES string of the molecule is Cc1nc(COc2ccc(C(=O)O[C@H](C)C(N)=O)cc2)cs1. The number of aryl methyl sites for hydroxylation is 1. The molecule has 0 aliphatic heterocycles. The van der Waals surface area contributed by atoms with E-state index in [9.17, 15) is 9.59 Å². The smallest absolute Gasteiger partial charge is 0.338 e. The van der Waals surface area contributed by atoms with Gasteiger partial charge in [-0.2, -0.15) is 0 Å². The third kappa shape index (κ3) is 4.29. The number of carbonyl (C=O) groups is 2. The van der Waals surface area contributed by atoms with Gasteiger partial charge in [-0.05, 0) is 38.1 Å². The molecule has 0 radical (unpaired) electrons. The summed E-state index contributed by atoms with van der Waals surface area (Å²) in [4.78, 5) is 26.9. The summed E-state index contributed by atoms with van der Waals surface area (Å²) in [7, 11) is 0. The van der Waals surface area contributed by atoms with Crippen molar-refractivity contribution in [1.29, 1.82) is 0 Å². The zero-order chi connectivity index (χ0) is 16.1. The van der Waals surface area contributed by atoms with E-state index in [0.29, 0.717) is 17.9 Å². The Hall–Kier alpha value is -2.41. The number of nitrogens with two attached hydrogens (primary N) is 1. The summed E-state index contributed by atoms with van der Waals surface area (Å²) in [5.41, 5.74) is 6.23. The zero-order valence-electron chi connectivity index (χ0n) is 12.2. The molecule has 0 bridgehead atoms. The van der Waals surface area contributed by atoms with Crippen LogP contribution in [-0.4, -0.2) is 23.0 Å². The standard InChI is InChI=1S/C15H16N2O4S/c1-9(14(16)18)21-15(19)11-3-5-13(6-4-11)20-7-12-8-22-10(2)17-12/h3-6,8-9H,7H2,1-2H3,(H2,16,18)/t9-/m1/s1. The summed E-state index contributed by atoms with van der Waals surface area (Å²) in [6.07, 6.45) is -0.962. The summed E-state index contributed by atoms with van der Waals surface area (Å²) in [6, 6.07) is 6.45. The maximum atomic E-state index is 11.8. The van der Waals surface area contributed by atoms with Gasteiger partial charge in [0.15, 0.2) is 6.10 Å². The first-order valence-electron chi connectivity index (χ1n) is 6.60. The Morgan fingerprint density at radius 3 is 2.55 bits per heavy atom. The van der Waals surface area contributed by atoms with Gasteiger partial charge in [-0.1, -0.05) is 0 Å². The molecule has 0 fully saturated rings. The highest BCUT2D eigenvalue weighted by Crippen LogP contribution is 2.16. The van der Waals surface area contributed by atoms with E-state index >= 15 is 0 Å². The highest BCUT2D eigenvalue weighted by molar-refractivity contribution is 7.09. The molecule has 0 saturated heterocycles. The largest absolute Gasteiger partial charge is 0.487 e. The van der Waals surface area contributed by atoms with Crippen molar-refractivity contribution in [2.75, 3.05) is 0 Å². The number of rotatable bonds is 6. The molecule has 0 aliphatic rings. The summed E-state index contributed by atoms with van der Waals surface area (Å²) < 4.78 is 10.5. The van der Waals surface area contributed by atoms with Crippen LogP contribution in [0.15, 0.2) is 29.6 Å². The number of benzene rings is 1. The van der Waals surface area contributed by atoms with Gasteiger partial charge in [-0.25, -0.2) is 9.78 Å². The Labute approximate surface area is 131 Å². The van der Waals surface area contributed by atoms with Crippen LogP contribution < -0.4 is 10.5 Å². The molecule has 1 heterocycles. The number of hydrogen-bond donors (Lipinski definition) is 1. The van der Waals surface area contributed by atoms with Crippen LogP contribution in [0, 0.1) is 6.92 Å². The molecular formula is C15H16N2O4S. The van der Waals surface area contributed by atoms with Crippen LogP contribution in [0.5, 0.6) is 5.75 Å². The Bertz CT molecular complexity index is 666. The third-order valence-corrected chi connectivity index (χ3v) is 3.65. The van der Waals surface area contributed by atoms with E-state index in [4.69, 9.17) is 15.2 Å². The summed E-state index contributed by atoms with van der Waals surface area (Å²) in [5, 5.41) is 2.92. The quantitative estimate of drug-likeness (QED) is 0.823. The Balaban J connectivity index is 1.92. The molecule has 2 N–H and O–H groups in total. The topological polar surface area (TPSA) is 91.5 Å². The van der Waals surface area contributed by atoms with E-state index in [-0.39, 0.29) is 0 Å². The van der Waals surface area contributed by atoms with Crippen molar-refractivity contribution in [2.24, 2.45) is 5.73 Å². The van der Waals surface area contributed by atoms with E-state index in [1.54, 1.807) is 35.6 Å². The lowest BCUT2D eigenvalue weighted by atomic mass is 10.2. The number of hydrogen-bond acceptors (Lipinski definition) is 6. The Morgan fingerprint density at radius 2 is 2.00 bits per heavy atom. The van der Waals surface area contributed by atoms with Gasteiger partial charge in [0.25, 0.3) is 5.91 Å². The minimum atomic E-state index is -0.962. The predicted octanol–water partition coefficient (Wildman–Crippen LogP) is 2.06. The van der Waals surface area contributed by atoms with E-state index < -0.39 is 18.0 Å². The average molecular weight is 320 g/mol. The first-order chi connectivity index (χ1) is 10.5. The zero-order valence-corrected chi connectivity index (χ0v) is 13.1. The number of ether oxygens (including phenoxy) is 2. The van der Waals surface area contributed by atoms with Gasteiger partial charge in [0.1, 0.15) is 12.4 Å². The fraction of sp³-hybridized carbons (Fsp3) is 0.267. The number of primary amides is 1. The molecule has 0 spiro atoms. The number of thiazole rings is 1. The molecule has 2 rings (SSSR count). The van der Waals surface area contributed by atoms with Crippen molar-refractivity contribution in [3.05, 3.63) is 45.9 Å². The number of aromatic nitrogens is 1. The minimum absolute atomic E-state index is 0.324. The second-order valence-electron chi connectivity index (χ2n) is 4.62. The molecule has 1 amide bonds. The van der Waals surface area contributed by atoms with E-state index in [1.807, 2.05) is 12.3 Å². The van der Waals surface area contributed by atoms with Crippen LogP contribution >= 0.6 is 11.3 Å². The van der Waals surface area contributed by atoms with Crippen LogP contribution in [0.4, 0.5) is 0 Å². The molecular weight excluding hydrogens is 304 g/mol. The van der Waals surface area contributed by atoms with Gasteiger partial charge in [0.05, 0.1) is 16.3 Å². The molecule has 0 aliphatic carbocycles. The molecule has 22 heavy (non-hydrogen) atoms. The highest BCUT2D eigenvalue weighted by Gasteiger charge is 2.16. The van der Waals surface area contributed by atoms with Gasteiger partial charge >= 0.3 is 5.97 Å².